The van der Waals surface area contributed by atoms with Crippen molar-refractivity contribution in [2.45, 2.75) is 64.1 Å². The second-order valence-corrected chi connectivity index (χ2v) is 9.02. The van der Waals surface area contributed by atoms with E-state index in [1.54, 1.807) is 12.0 Å². The maximum atomic E-state index is 13.6. The highest BCUT2D eigenvalue weighted by molar-refractivity contribution is 6.01. The zero-order valence-electron chi connectivity index (χ0n) is 18.2. The van der Waals surface area contributed by atoms with Crippen LogP contribution in [0.4, 0.5) is 0 Å². The minimum Gasteiger partial charge on any atom is -0.385 e. The van der Waals surface area contributed by atoms with Crippen LogP contribution in [-0.2, 0) is 16.1 Å². The van der Waals surface area contributed by atoms with Crippen LogP contribution in [0, 0.1) is 5.92 Å². The van der Waals surface area contributed by atoms with Crippen molar-refractivity contribution in [2.75, 3.05) is 20.3 Å². The van der Waals surface area contributed by atoms with Crippen molar-refractivity contribution in [1.82, 2.24) is 19.8 Å². The molecule has 0 spiro atoms. The highest BCUT2D eigenvalue weighted by Gasteiger charge is 2.48. The van der Waals surface area contributed by atoms with Gasteiger partial charge < -0.3 is 19.5 Å². The lowest BCUT2D eigenvalue weighted by Crippen LogP contribution is -2.65. The maximum absolute atomic E-state index is 13.6. The number of benzene rings is 1. The Balaban J connectivity index is 1.65. The predicted molar refractivity (Wildman–Crippen MR) is 115 cm³/mol. The molecular formula is C23H32N4O3. The minimum absolute atomic E-state index is 0.0729. The molecule has 0 radical (unpaired) electrons. The van der Waals surface area contributed by atoms with E-state index in [1.165, 1.54) is 0 Å². The molecule has 1 N–H and O–H groups in total. The molecule has 0 saturated heterocycles. The molecule has 2 aromatic rings. The summed E-state index contributed by atoms with van der Waals surface area (Å²) in [6, 6.07) is 7.90. The number of hydrogen-bond acceptors (Lipinski definition) is 4. The number of nitrogens with zero attached hydrogens (tertiary/aromatic N) is 3. The Labute approximate surface area is 177 Å². The van der Waals surface area contributed by atoms with Gasteiger partial charge in [-0.05, 0) is 57.1 Å². The quantitative estimate of drug-likeness (QED) is 0.740. The molecule has 2 aliphatic rings. The molecule has 1 fully saturated rings. The van der Waals surface area contributed by atoms with Gasteiger partial charge in [0.2, 0.25) is 5.91 Å². The molecule has 1 aliphatic carbocycles. The van der Waals surface area contributed by atoms with Gasteiger partial charge in [-0.2, -0.15) is 0 Å². The summed E-state index contributed by atoms with van der Waals surface area (Å²) in [4.78, 5) is 33.3. The number of imidazole rings is 1. The molecule has 7 nitrogen and oxygen atoms in total. The van der Waals surface area contributed by atoms with E-state index in [2.05, 4.69) is 17.2 Å². The number of hydrogen-bond donors (Lipinski definition) is 1. The Kier molecular flexibility index (Phi) is 5.82. The number of fused-ring (bicyclic) bond motifs is 3. The number of carbonyl (C=O) groups excluding carboxylic acids is 2. The van der Waals surface area contributed by atoms with E-state index >= 15 is 0 Å². The maximum Gasteiger partial charge on any atom is 0.290 e. The molecule has 162 valence electrons. The lowest BCUT2D eigenvalue weighted by Gasteiger charge is -2.44. The number of nitrogens with one attached hydrogen (secondary N) is 1. The third kappa shape index (κ3) is 3.71. The molecule has 1 aromatic heterocycles. The summed E-state index contributed by atoms with van der Waals surface area (Å²) in [5.74, 6) is 0.862. The average Bonchev–Trinajstić information content (AvgIpc) is 3.11. The van der Waals surface area contributed by atoms with Gasteiger partial charge in [0.05, 0.1) is 17.6 Å². The van der Waals surface area contributed by atoms with Gasteiger partial charge in [0.15, 0.2) is 5.82 Å². The first-order valence-electron chi connectivity index (χ1n) is 11.0. The largest absolute Gasteiger partial charge is 0.385 e. The summed E-state index contributed by atoms with van der Waals surface area (Å²) in [6.45, 7) is 5.55. The molecule has 1 atom stereocenters. The van der Waals surface area contributed by atoms with E-state index in [0.29, 0.717) is 31.9 Å². The Morgan fingerprint density at radius 1 is 1.27 bits per heavy atom. The average molecular weight is 413 g/mol. The van der Waals surface area contributed by atoms with Crippen molar-refractivity contribution in [3.05, 3.63) is 30.1 Å². The van der Waals surface area contributed by atoms with Gasteiger partial charge in [-0.25, -0.2) is 4.98 Å². The van der Waals surface area contributed by atoms with Crippen molar-refractivity contribution >= 4 is 22.8 Å². The molecule has 2 heterocycles. The Bertz CT molecular complexity index is 932. The van der Waals surface area contributed by atoms with Crippen LogP contribution in [0.25, 0.3) is 11.0 Å². The number of ether oxygens (including phenoxy) is 1. The van der Waals surface area contributed by atoms with Crippen LogP contribution in [0.2, 0.25) is 0 Å². The monoisotopic (exact) mass is 412 g/mol. The number of amides is 2. The fraction of sp³-hybridized carbons (Fsp3) is 0.609. The Hall–Kier alpha value is -2.41. The van der Waals surface area contributed by atoms with E-state index in [9.17, 15) is 9.59 Å². The van der Waals surface area contributed by atoms with Crippen LogP contribution >= 0.6 is 0 Å². The number of carbonyl (C=O) groups is 2. The molecule has 1 saturated carbocycles. The zero-order valence-corrected chi connectivity index (χ0v) is 18.2. The van der Waals surface area contributed by atoms with Crippen LogP contribution < -0.4 is 5.32 Å². The third-order valence-corrected chi connectivity index (χ3v) is 6.72. The molecule has 0 unspecified atom stereocenters. The number of methoxy groups -OCH3 is 1. The minimum atomic E-state index is -0.968. The molecule has 4 rings (SSSR count). The van der Waals surface area contributed by atoms with Gasteiger partial charge >= 0.3 is 0 Å². The Morgan fingerprint density at radius 2 is 2.00 bits per heavy atom. The second kappa shape index (κ2) is 8.38. The first kappa shape index (κ1) is 20.8. The lowest BCUT2D eigenvalue weighted by atomic mass is 9.86. The SMILES string of the molecule is COCCCN1C(=O)c2nc3ccccc3n2C[C@]1(C)C(=O)NC1CCC(C)CC1. The van der Waals surface area contributed by atoms with Crippen molar-refractivity contribution in [1.29, 1.82) is 0 Å². The molecule has 1 aliphatic heterocycles. The fourth-order valence-electron chi connectivity index (χ4n) is 4.79. The van der Waals surface area contributed by atoms with E-state index in [1.807, 2.05) is 35.8 Å². The topological polar surface area (TPSA) is 76.5 Å². The van der Waals surface area contributed by atoms with Crippen LogP contribution in [0.5, 0.6) is 0 Å². The molecule has 0 bridgehead atoms. The van der Waals surface area contributed by atoms with Gasteiger partial charge in [-0.1, -0.05) is 19.1 Å². The van der Waals surface area contributed by atoms with Crippen molar-refractivity contribution in [3.8, 4) is 0 Å². The van der Waals surface area contributed by atoms with Gasteiger partial charge in [0.1, 0.15) is 5.54 Å². The van der Waals surface area contributed by atoms with Crippen LogP contribution in [-0.4, -0.2) is 58.1 Å². The number of rotatable bonds is 6. The lowest BCUT2D eigenvalue weighted by molar-refractivity contribution is -0.134. The van der Waals surface area contributed by atoms with E-state index in [4.69, 9.17) is 4.74 Å². The molecule has 1 aromatic carbocycles. The van der Waals surface area contributed by atoms with Gasteiger partial charge in [-0.15, -0.1) is 0 Å². The summed E-state index contributed by atoms with van der Waals surface area (Å²) in [5, 5.41) is 3.26. The molecule has 30 heavy (non-hydrogen) atoms. The smallest absolute Gasteiger partial charge is 0.290 e. The summed E-state index contributed by atoms with van der Waals surface area (Å²) in [5.41, 5.74) is 0.705. The van der Waals surface area contributed by atoms with Gasteiger partial charge in [-0.3, -0.25) is 9.59 Å². The molecule has 2 amide bonds. The summed E-state index contributed by atoms with van der Waals surface area (Å²) >= 11 is 0. The van der Waals surface area contributed by atoms with Crippen molar-refractivity contribution < 1.29 is 14.3 Å². The third-order valence-electron chi connectivity index (χ3n) is 6.72. The first-order valence-corrected chi connectivity index (χ1v) is 11.0. The summed E-state index contributed by atoms with van der Waals surface area (Å²) in [6.07, 6.45) is 4.94. The highest BCUT2D eigenvalue weighted by atomic mass is 16.5. The molecule has 7 heteroatoms. The summed E-state index contributed by atoms with van der Waals surface area (Å²) in [7, 11) is 1.65. The predicted octanol–water partition coefficient (Wildman–Crippen LogP) is 2.98. The number of para-hydroxylation sites is 2. The van der Waals surface area contributed by atoms with E-state index in [-0.39, 0.29) is 17.9 Å². The highest BCUT2D eigenvalue weighted by Crippen LogP contribution is 2.31. The second-order valence-electron chi connectivity index (χ2n) is 9.02. The fourth-order valence-corrected chi connectivity index (χ4v) is 4.79. The van der Waals surface area contributed by atoms with Crippen molar-refractivity contribution in [2.24, 2.45) is 5.92 Å². The van der Waals surface area contributed by atoms with Crippen LogP contribution in [0.3, 0.4) is 0 Å². The summed E-state index contributed by atoms with van der Waals surface area (Å²) < 4.78 is 7.10. The molecular weight excluding hydrogens is 380 g/mol. The number of aromatic nitrogens is 2. The van der Waals surface area contributed by atoms with Crippen LogP contribution in [0.1, 0.15) is 56.6 Å². The normalized spacial score (nSPS) is 26.6. The Morgan fingerprint density at radius 3 is 2.73 bits per heavy atom. The van der Waals surface area contributed by atoms with Gasteiger partial charge in [0, 0.05) is 26.3 Å². The van der Waals surface area contributed by atoms with Gasteiger partial charge in [0.25, 0.3) is 5.91 Å². The first-order chi connectivity index (χ1) is 14.4. The van der Waals surface area contributed by atoms with E-state index in [0.717, 1.165) is 42.6 Å². The van der Waals surface area contributed by atoms with E-state index < -0.39 is 5.54 Å². The van der Waals surface area contributed by atoms with Crippen molar-refractivity contribution in [3.63, 3.8) is 0 Å². The zero-order chi connectivity index (χ0) is 21.3. The van der Waals surface area contributed by atoms with Crippen LogP contribution in [0.15, 0.2) is 24.3 Å². The standard InChI is InChI=1S/C23H32N4O3/c1-16-9-11-17(12-10-16)24-22(29)23(2)15-26-19-8-5-4-7-18(19)25-20(26)21(28)27(23)13-6-14-30-3/h4-5,7-8,16-17H,6,9-15H2,1-3H3,(H,24,29)/t16?,17?,23-/m1/s1.